The Morgan fingerprint density at radius 3 is 2.67 bits per heavy atom. The predicted molar refractivity (Wildman–Crippen MR) is 56.2 cm³/mol. The highest BCUT2D eigenvalue weighted by Crippen LogP contribution is 2.20. The van der Waals surface area contributed by atoms with Gasteiger partial charge >= 0.3 is 0 Å². The summed E-state index contributed by atoms with van der Waals surface area (Å²) in [6.07, 6.45) is 2.01. The van der Waals surface area contributed by atoms with E-state index in [-0.39, 0.29) is 4.90 Å². The number of aromatic amines is 1. The van der Waals surface area contributed by atoms with Crippen molar-refractivity contribution >= 4 is 19.7 Å². The zero-order valence-electron chi connectivity index (χ0n) is 8.49. The van der Waals surface area contributed by atoms with Crippen LogP contribution < -0.4 is 0 Å². The molecule has 7 heteroatoms. The van der Waals surface area contributed by atoms with Crippen molar-refractivity contribution in [3.05, 3.63) is 11.9 Å². The Balaban J connectivity index is 2.84. The molecule has 0 unspecified atom stereocenters. The molecule has 0 bridgehead atoms. The lowest BCUT2D eigenvalue weighted by atomic mass is 10.0. The van der Waals surface area contributed by atoms with Crippen LogP contribution in [0.1, 0.15) is 26.0 Å². The van der Waals surface area contributed by atoms with Gasteiger partial charge in [-0.25, -0.2) is 8.42 Å². The minimum absolute atomic E-state index is 0.0200. The van der Waals surface area contributed by atoms with Crippen LogP contribution >= 0.6 is 10.7 Å². The molecule has 86 valence electrons. The Labute approximate surface area is 92.9 Å². The molecule has 0 fully saturated rings. The molecule has 5 nitrogen and oxygen atoms in total. The maximum atomic E-state index is 11.1. The van der Waals surface area contributed by atoms with Crippen LogP contribution in [0.2, 0.25) is 0 Å². The van der Waals surface area contributed by atoms with E-state index in [0.717, 1.165) is 0 Å². The van der Waals surface area contributed by atoms with Crippen molar-refractivity contribution in [2.45, 2.75) is 37.2 Å². The molecule has 15 heavy (non-hydrogen) atoms. The lowest BCUT2D eigenvalue weighted by Gasteiger charge is -2.15. The fourth-order valence-corrected chi connectivity index (χ4v) is 2.15. The maximum Gasteiger partial charge on any atom is 0.264 e. The smallest absolute Gasteiger partial charge is 0.264 e. The van der Waals surface area contributed by atoms with Crippen LogP contribution in [0.5, 0.6) is 0 Å². The van der Waals surface area contributed by atoms with E-state index < -0.39 is 14.7 Å². The molecule has 0 spiro atoms. The molecule has 0 aromatic carbocycles. The zero-order valence-corrected chi connectivity index (χ0v) is 10.1. The number of nitrogens with one attached hydrogen (secondary N) is 1. The van der Waals surface area contributed by atoms with Gasteiger partial charge in [0.25, 0.3) is 9.05 Å². The number of aromatic nitrogens is 2. The van der Waals surface area contributed by atoms with E-state index in [2.05, 4.69) is 10.2 Å². The van der Waals surface area contributed by atoms with Gasteiger partial charge in [0.15, 0.2) is 0 Å². The Kier molecular flexibility index (Phi) is 3.42. The van der Waals surface area contributed by atoms with Crippen molar-refractivity contribution in [1.82, 2.24) is 10.2 Å². The molecule has 0 amide bonds. The van der Waals surface area contributed by atoms with Crippen LogP contribution in [0.4, 0.5) is 0 Å². The van der Waals surface area contributed by atoms with Gasteiger partial charge in [0.2, 0.25) is 0 Å². The third-order valence-corrected chi connectivity index (χ3v) is 3.29. The molecule has 0 saturated heterocycles. The molecule has 0 atom stereocenters. The SMILES string of the molecule is CC(C)(O)CCc1n[nH]cc1S(=O)(=O)Cl. The predicted octanol–water partition coefficient (Wildman–Crippen LogP) is 1.04. The second kappa shape index (κ2) is 4.11. The van der Waals surface area contributed by atoms with Gasteiger partial charge in [0.1, 0.15) is 4.90 Å². The summed E-state index contributed by atoms with van der Waals surface area (Å²) in [5, 5.41) is 15.7. The summed E-state index contributed by atoms with van der Waals surface area (Å²) >= 11 is 0. The molecule has 1 heterocycles. The van der Waals surface area contributed by atoms with E-state index in [1.165, 1.54) is 6.20 Å². The van der Waals surface area contributed by atoms with Crippen molar-refractivity contribution in [2.75, 3.05) is 0 Å². The molecule has 0 saturated carbocycles. The molecule has 0 aliphatic carbocycles. The first kappa shape index (κ1) is 12.5. The van der Waals surface area contributed by atoms with Crippen molar-refractivity contribution in [3.63, 3.8) is 0 Å². The molecule has 0 aliphatic rings. The molecule has 1 aromatic rings. The fraction of sp³-hybridized carbons (Fsp3) is 0.625. The Morgan fingerprint density at radius 1 is 1.60 bits per heavy atom. The van der Waals surface area contributed by atoms with Crippen molar-refractivity contribution in [1.29, 1.82) is 0 Å². The van der Waals surface area contributed by atoms with E-state index in [1.807, 2.05) is 0 Å². The summed E-state index contributed by atoms with van der Waals surface area (Å²) in [5.41, 5.74) is -0.501. The van der Waals surface area contributed by atoms with Gasteiger partial charge in [-0.1, -0.05) is 0 Å². The highest BCUT2D eigenvalue weighted by Gasteiger charge is 2.20. The summed E-state index contributed by atoms with van der Waals surface area (Å²) < 4.78 is 22.2. The van der Waals surface area contributed by atoms with E-state index in [1.54, 1.807) is 13.8 Å². The lowest BCUT2D eigenvalue weighted by Crippen LogP contribution is -2.19. The van der Waals surface area contributed by atoms with E-state index >= 15 is 0 Å². The number of nitrogens with zero attached hydrogens (tertiary/aromatic N) is 1. The Bertz CT molecular complexity index is 433. The zero-order chi connectivity index (χ0) is 11.7. The quantitative estimate of drug-likeness (QED) is 0.785. The van der Waals surface area contributed by atoms with Crippen LogP contribution in [0.25, 0.3) is 0 Å². The van der Waals surface area contributed by atoms with Gasteiger partial charge in [-0.05, 0) is 26.7 Å². The minimum Gasteiger partial charge on any atom is -0.390 e. The molecule has 0 radical (unpaired) electrons. The van der Waals surface area contributed by atoms with E-state index in [0.29, 0.717) is 18.5 Å². The first-order valence-electron chi connectivity index (χ1n) is 4.40. The number of hydrogen-bond acceptors (Lipinski definition) is 4. The Morgan fingerprint density at radius 2 is 2.20 bits per heavy atom. The molecule has 0 aliphatic heterocycles. The summed E-state index contributed by atoms with van der Waals surface area (Å²) in [6.45, 7) is 3.29. The second-order valence-electron chi connectivity index (χ2n) is 3.95. The monoisotopic (exact) mass is 252 g/mol. The van der Waals surface area contributed by atoms with Gasteiger partial charge in [-0.3, -0.25) is 5.10 Å². The van der Waals surface area contributed by atoms with E-state index in [4.69, 9.17) is 10.7 Å². The molecule has 1 rings (SSSR count). The normalized spacial score (nSPS) is 13.1. The third-order valence-electron chi connectivity index (χ3n) is 1.92. The first-order chi connectivity index (χ1) is 6.70. The number of H-pyrrole nitrogens is 1. The Hall–Kier alpha value is -0.590. The van der Waals surface area contributed by atoms with Crippen molar-refractivity contribution < 1.29 is 13.5 Å². The number of hydrogen-bond donors (Lipinski definition) is 2. The van der Waals surface area contributed by atoms with Crippen LogP contribution in [0, 0.1) is 0 Å². The van der Waals surface area contributed by atoms with Crippen LogP contribution in [0.3, 0.4) is 0 Å². The van der Waals surface area contributed by atoms with Gasteiger partial charge in [-0.2, -0.15) is 5.10 Å². The number of halogens is 1. The van der Waals surface area contributed by atoms with Crippen LogP contribution in [-0.4, -0.2) is 29.3 Å². The van der Waals surface area contributed by atoms with E-state index in [9.17, 15) is 13.5 Å². The van der Waals surface area contributed by atoms with Crippen molar-refractivity contribution in [2.24, 2.45) is 0 Å². The van der Waals surface area contributed by atoms with Crippen molar-refractivity contribution in [3.8, 4) is 0 Å². The maximum absolute atomic E-state index is 11.1. The summed E-state index contributed by atoms with van der Waals surface area (Å²) in [6, 6.07) is 0. The number of aryl methyl sites for hydroxylation is 1. The second-order valence-corrected chi connectivity index (χ2v) is 6.48. The minimum atomic E-state index is -3.76. The highest BCUT2D eigenvalue weighted by atomic mass is 35.7. The fourth-order valence-electron chi connectivity index (χ4n) is 1.12. The van der Waals surface area contributed by atoms with Crippen LogP contribution in [0.15, 0.2) is 11.1 Å². The first-order valence-corrected chi connectivity index (χ1v) is 6.71. The largest absolute Gasteiger partial charge is 0.390 e. The molecular formula is C8H13ClN2O3S. The van der Waals surface area contributed by atoms with Gasteiger partial charge in [0, 0.05) is 16.9 Å². The lowest BCUT2D eigenvalue weighted by molar-refractivity contribution is 0.0709. The van der Waals surface area contributed by atoms with Gasteiger partial charge < -0.3 is 5.11 Å². The highest BCUT2D eigenvalue weighted by molar-refractivity contribution is 8.13. The van der Waals surface area contributed by atoms with Gasteiger partial charge in [-0.15, -0.1) is 0 Å². The molecular weight excluding hydrogens is 240 g/mol. The molecule has 2 N–H and O–H groups in total. The number of rotatable bonds is 4. The average Bonchev–Trinajstić information content (AvgIpc) is 2.45. The average molecular weight is 253 g/mol. The summed E-state index contributed by atoms with van der Waals surface area (Å²) in [5.74, 6) is 0. The third kappa shape index (κ3) is 3.81. The topological polar surface area (TPSA) is 83.1 Å². The summed E-state index contributed by atoms with van der Waals surface area (Å²) in [7, 11) is 1.44. The summed E-state index contributed by atoms with van der Waals surface area (Å²) in [4.78, 5) is -0.0200. The number of aliphatic hydroxyl groups is 1. The van der Waals surface area contributed by atoms with Gasteiger partial charge in [0.05, 0.1) is 11.3 Å². The molecule has 1 aromatic heterocycles. The van der Waals surface area contributed by atoms with Crippen LogP contribution in [-0.2, 0) is 15.5 Å². The standard InChI is InChI=1S/C8H13ClN2O3S/c1-8(2,12)4-3-6-7(5-10-11-6)15(9,13)14/h5,12H,3-4H2,1-2H3,(H,10,11).